The van der Waals surface area contributed by atoms with Crippen molar-refractivity contribution in [2.24, 2.45) is 0 Å². The van der Waals surface area contributed by atoms with Gasteiger partial charge in [-0.3, -0.25) is 4.57 Å². The zero-order valence-electron chi connectivity index (χ0n) is 11.4. The fraction of sp³-hybridized carbons (Fsp3) is 0.188. The lowest BCUT2D eigenvalue weighted by atomic mass is 10.2. The number of imidazole rings is 1. The Morgan fingerprint density at radius 1 is 1.24 bits per heavy atom. The fourth-order valence-corrected chi connectivity index (χ4v) is 3.01. The number of benzene rings is 2. The van der Waals surface area contributed by atoms with Gasteiger partial charge in [-0.15, -0.1) is 11.6 Å². The molecule has 0 N–H and O–H groups in total. The first-order valence-electron chi connectivity index (χ1n) is 6.59. The van der Waals surface area contributed by atoms with Gasteiger partial charge in [-0.1, -0.05) is 6.07 Å². The van der Waals surface area contributed by atoms with Crippen molar-refractivity contribution < 1.29 is 4.39 Å². The molecule has 0 amide bonds. The molecule has 0 saturated carbocycles. The second-order valence-electron chi connectivity index (χ2n) is 4.89. The number of rotatable bonds is 3. The fourth-order valence-electron chi connectivity index (χ4n) is 2.41. The van der Waals surface area contributed by atoms with Gasteiger partial charge in [0, 0.05) is 16.8 Å². The Bertz CT molecular complexity index is 813. The van der Waals surface area contributed by atoms with E-state index in [4.69, 9.17) is 11.6 Å². The van der Waals surface area contributed by atoms with Gasteiger partial charge in [0.05, 0.1) is 16.7 Å². The lowest BCUT2D eigenvalue weighted by Crippen LogP contribution is -2.03. The molecule has 3 rings (SSSR count). The van der Waals surface area contributed by atoms with Crippen LogP contribution in [0.3, 0.4) is 0 Å². The van der Waals surface area contributed by atoms with E-state index in [9.17, 15) is 4.39 Å². The molecular formula is C16H13BrClFN2. The minimum atomic E-state index is -0.278. The molecule has 0 aliphatic rings. The number of hydrogen-bond donors (Lipinski definition) is 0. The molecule has 0 radical (unpaired) electrons. The summed E-state index contributed by atoms with van der Waals surface area (Å²) in [5.74, 6) is 1.02. The summed E-state index contributed by atoms with van der Waals surface area (Å²) >= 11 is 9.38. The molecule has 3 aromatic rings. The number of alkyl halides is 1. The molecule has 108 valence electrons. The quantitative estimate of drug-likeness (QED) is 0.595. The van der Waals surface area contributed by atoms with Gasteiger partial charge in [0.25, 0.3) is 0 Å². The number of hydrogen-bond acceptors (Lipinski definition) is 1. The highest BCUT2D eigenvalue weighted by molar-refractivity contribution is 9.10. The lowest BCUT2D eigenvalue weighted by molar-refractivity contribution is 0.626. The summed E-state index contributed by atoms with van der Waals surface area (Å²) in [5, 5.41) is 0. The monoisotopic (exact) mass is 366 g/mol. The molecule has 0 aliphatic heterocycles. The maximum atomic E-state index is 13.7. The van der Waals surface area contributed by atoms with Gasteiger partial charge in [-0.2, -0.15) is 0 Å². The van der Waals surface area contributed by atoms with Gasteiger partial charge >= 0.3 is 0 Å². The Labute approximate surface area is 135 Å². The van der Waals surface area contributed by atoms with Gasteiger partial charge in [0.15, 0.2) is 0 Å². The van der Waals surface area contributed by atoms with Crippen LogP contribution in [0.1, 0.15) is 11.4 Å². The number of halogens is 3. The molecule has 0 atom stereocenters. The van der Waals surface area contributed by atoms with E-state index in [1.165, 1.54) is 12.1 Å². The van der Waals surface area contributed by atoms with E-state index in [0.29, 0.717) is 12.3 Å². The van der Waals surface area contributed by atoms with Crippen molar-refractivity contribution in [2.45, 2.75) is 13.3 Å². The van der Waals surface area contributed by atoms with Crippen molar-refractivity contribution in [3.8, 4) is 5.69 Å². The number of aryl methyl sites for hydroxylation is 2. The van der Waals surface area contributed by atoms with Crippen LogP contribution < -0.4 is 0 Å². The van der Waals surface area contributed by atoms with Crippen LogP contribution in [-0.4, -0.2) is 15.4 Å². The van der Waals surface area contributed by atoms with Crippen LogP contribution in [0.2, 0.25) is 0 Å². The summed E-state index contributed by atoms with van der Waals surface area (Å²) in [4.78, 5) is 4.63. The molecule has 0 bridgehead atoms. The normalized spacial score (nSPS) is 11.2. The van der Waals surface area contributed by atoms with Gasteiger partial charge in [-0.05, 0) is 58.7 Å². The van der Waals surface area contributed by atoms with Gasteiger partial charge in [-0.25, -0.2) is 9.37 Å². The first-order chi connectivity index (χ1) is 10.1. The van der Waals surface area contributed by atoms with Crippen molar-refractivity contribution in [3.63, 3.8) is 0 Å². The Balaban J connectivity index is 2.35. The second kappa shape index (κ2) is 5.78. The predicted octanol–water partition coefficient (Wildman–Crippen LogP) is 5.02. The van der Waals surface area contributed by atoms with E-state index in [1.54, 1.807) is 6.07 Å². The van der Waals surface area contributed by atoms with Crippen molar-refractivity contribution in [1.82, 2.24) is 9.55 Å². The average molecular weight is 368 g/mol. The highest BCUT2D eigenvalue weighted by Gasteiger charge is 2.15. The van der Waals surface area contributed by atoms with E-state index < -0.39 is 0 Å². The van der Waals surface area contributed by atoms with Crippen molar-refractivity contribution >= 4 is 38.6 Å². The molecule has 0 saturated heterocycles. The standard InChI is InChI=1S/C16H13BrClFN2/c1-10-2-5-13-15(8-10)21(16(20-13)6-7-18)14-9-11(19)3-4-12(14)17/h2-5,8-9H,6-7H2,1H3. The smallest absolute Gasteiger partial charge is 0.125 e. The first-order valence-corrected chi connectivity index (χ1v) is 7.92. The number of nitrogens with zero attached hydrogens (tertiary/aromatic N) is 2. The zero-order valence-corrected chi connectivity index (χ0v) is 13.7. The Morgan fingerprint density at radius 2 is 2.05 bits per heavy atom. The van der Waals surface area contributed by atoms with Crippen molar-refractivity contribution in [3.05, 3.63) is 58.1 Å². The minimum Gasteiger partial charge on any atom is -0.295 e. The van der Waals surface area contributed by atoms with Crippen LogP contribution in [0.15, 0.2) is 40.9 Å². The third kappa shape index (κ3) is 2.70. The van der Waals surface area contributed by atoms with Gasteiger partial charge in [0.1, 0.15) is 11.6 Å². The maximum absolute atomic E-state index is 13.7. The van der Waals surface area contributed by atoms with Gasteiger partial charge in [0.2, 0.25) is 0 Å². The second-order valence-corrected chi connectivity index (χ2v) is 6.12. The number of aromatic nitrogens is 2. The van der Waals surface area contributed by atoms with E-state index in [1.807, 2.05) is 23.6 Å². The zero-order chi connectivity index (χ0) is 15.0. The summed E-state index contributed by atoms with van der Waals surface area (Å²) in [6, 6.07) is 10.7. The topological polar surface area (TPSA) is 17.8 Å². The molecule has 0 fully saturated rings. The van der Waals surface area contributed by atoms with Crippen molar-refractivity contribution in [2.75, 3.05) is 5.88 Å². The van der Waals surface area contributed by atoms with Crippen LogP contribution in [0.5, 0.6) is 0 Å². The predicted molar refractivity (Wildman–Crippen MR) is 87.9 cm³/mol. The molecule has 2 aromatic carbocycles. The van der Waals surface area contributed by atoms with Crippen LogP contribution in [0.4, 0.5) is 4.39 Å². The molecular weight excluding hydrogens is 355 g/mol. The highest BCUT2D eigenvalue weighted by Crippen LogP contribution is 2.28. The van der Waals surface area contributed by atoms with E-state index >= 15 is 0 Å². The Morgan fingerprint density at radius 3 is 2.81 bits per heavy atom. The molecule has 1 heterocycles. The van der Waals surface area contributed by atoms with Gasteiger partial charge < -0.3 is 0 Å². The summed E-state index contributed by atoms with van der Waals surface area (Å²) in [6.45, 7) is 2.03. The molecule has 0 spiro atoms. The lowest BCUT2D eigenvalue weighted by Gasteiger charge is -2.11. The SMILES string of the molecule is Cc1ccc2nc(CCCl)n(-c3cc(F)ccc3Br)c2c1. The summed E-state index contributed by atoms with van der Waals surface area (Å²) in [7, 11) is 0. The Hall–Kier alpha value is -1.39. The van der Waals surface area contributed by atoms with Crippen LogP contribution >= 0.6 is 27.5 Å². The molecule has 2 nitrogen and oxygen atoms in total. The molecule has 0 aliphatic carbocycles. The number of fused-ring (bicyclic) bond motifs is 1. The van der Waals surface area contributed by atoms with E-state index in [0.717, 1.165) is 32.6 Å². The van der Waals surface area contributed by atoms with Crippen LogP contribution in [0.25, 0.3) is 16.7 Å². The molecule has 0 unspecified atom stereocenters. The van der Waals surface area contributed by atoms with E-state index in [-0.39, 0.29) is 5.82 Å². The van der Waals surface area contributed by atoms with E-state index in [2.05, 4.69) is 27.0 Å². The van der Waals surface area contributed by atoms with Crippen LogP contribution in [0, 0.1) is 12.7 Å². The third-order valence-corrected chi connectivity index (χ3v) is 4.21. The first kappa shape index (κ1) is 14.5. The molecule has 5 heteroatoms. The molecule has 1 aromatic heterocycles. The highest BCUT2D eigenvalue weighted by atomic mass is 79.9. The maximum Gasteiger partial charge on any atom is 0.125 e. The Kier molecular flexibility index (Phi) is 4.00. The third-order valence-electron chi connectivity index (χ3n) is 3.35. The van der Waals surface area contributed by atoms with Crippen LogP contribution in [-0.2, 0) is 6.42 Å². The largest absolute Gasteiger partial charge is 0.295 e. The summed E-state index contributed by atoms with van der Waals surface area (Å²) in [5.41, 5.74) is 3.72. The summed E-state index contributed by atoms with van der Waals surface area (Å²) in [6.07, 6.45) is 0.623. The van der Waals surface area contributed by atoms with Crippen molar-refractivity contribution in [1.29, 1.82) is 0 Å². The minimum absolute atomic E-state index is 0.278. The summed E-state index contributed by atoms with van der Waals surface area (Å²) < 4.78 is 16.4. The molecule has 21 heavy (non-hydrogen) atoms. The average Bonchev–Trinajstić information content (AvgIpc) is 2.79.